The van der Waals surface area contributed by atoms with Gasteiger partial charge in [-0.05, 0) is 10.4 Å². The topological polar surface area (TPSA) is 89.3 Å². The Morgan fingerprint density at radius 2 is 2.53 bits per heavy atom. The van der Waals surface area contributed by atoms with Crippen molar-refractivity contribution in [2.75, 3.05) is 31.6 Å². The normalized spacial score (nSPS) is 20.6. The van der Waals surface area contributed by atoms with Crippen LogP contribution in [0.3, 0.4) is 0 Å². The summed E-state index contributed by atoms with van der Waals surface area (Å²) in [7, 11) is 0. The van der Waals surface area contributed by atoms with Gasteiger partial charge in [-0.15, -0.1) is 5.10 Å². The summed E-state index contributed by atoms with van der Waals surface area (Å²) in [6.45, 7) is 3.22. The maximum absolute atomic E-state index is 5.59. The van der Waals surface area contributed by atoms with E-state index >= 15 is 0 Å². The Hall–Kier alpha value is -1.80. The minimum absolute atomic E-state index is 0.162. The fourth-order valence-corrected chi connectivity index (χ4v) is 1.77. The molecule has 1 unspecified atom stereocenters. The number of tetrazole rings is 1. The molecule has 0 aromatic carbocycles. The lowest BCUT2D eigenvalue weighted by Crippen LogP contribution is -2.42. The van der Waals surface area contributed by atoms with Crippen LogP contribution >= 0.6 is 0 Å². The molecule has 90 valence electrons. The minimum Gasteiger partial charge on any atom is -0.374 e. The van der Waals surface area contributed by atoms with Crippen molar-refractivity contribution in [3.05, 3.63) is 12.4 Å². The van der Waals surface area contributed by atoms with Crippen LogP contribution in [0.25, 0.3) is 5.65 Å². The van der Waals surface area contributed by atoms with E-state index in [-0.39, 0.29) is 6.10 Å². The van der Waals surface area contributed by atoms with E-state index in [9.17, 15) is 0 Å². The smallest absolute Gasteiger partial charge is 0.199 e. The molecule has 0 radical (unpaired) electrons. The monoisotopic (exact) mass is 235 g/mol. The van der Waals surface area contributed by atoms with Crippen LogP contribution < -0.4 is 10.6 Å². The van der Waals surface area contributed by atoms with Crippen molar-refractivity contribution < 1.29 is 4.74 Å². The number of hydrogen-bond acceptors (Lipinski definition) is 7. The summed E-state index contributed by atoms with van der Waals surface area (Å²) < 4.78 is 7.20. The van der Waals surface area contributed by atoms with Gasteiger partial charge >= 0.3 is 0 Å². The Morgan fingerprint density at radius 3 is 3.41 bits per heavy atom. The molecule has 17 heavy (non-hydrogen) atoms. The molecule has 0 amide bonds. The highest BCUT2D eigenvalue weighted by Gasteiger charge is 2.13. The highest BCUT2D eigenvalue weighted by atomic mass is 16.5. The number of ether oxygens (including phenoxy) is 1. The number of nitrogens with one attached hydrogen (secondary N) is 2. The Balaban J connectivity index is 1.69. The van der Waals surface area contributed by atoms with Crippen LogP contribution in [0.5, 0.6) is 0 Å². The van der Waals surface area contributed by atoms with Crippen LogP contribution in [-0.2, 0) is 4.74 Å². The zero-order chi connectivity index (χ0) is 11.5. The lowest BCUT2D eigenvalue weighted by atomic mass is 10.3. The predicted octanol–water partition coefficient (Wildman–Crippen LogP) is -1.08. The highest BCUT2D eigenvalue weighted by Crippen LogP contribution is 2.06. The van der Waals surface area contributed by atoms with Gasteiger partial charge in [0.2, 0.25) is 0 Å². The first kappa shape index (κ1) is 10.4. The predicted molar refractivity (Wildman–Crippen MR) is 59.7 cm³/mol. The van der Waals surface area contributed by atoms with E-state index in [1.807, 2.05) is 0 Å². The van der Waals surface area contributed by atoms with Crippen LogP contribution in [0.4, 0.5) is 5.82 Å². The van der Waals surface area contributed by atoms with Crippen LogP contribution in [0.15, 0.2) is 12.4 Å². The molecule has 3 heterocycles. The van der Waals surface area contributed by atoms with Crippen LogP contribution in [0.1, 0.15) is 0 Å². The maximum Gasteiger partial charge on any atom is 0.199 e. The summed E-state index contributed by atoms with van der Waals surface area (Å²) in [5.41, 5.74) is 0.623. The van der Waals surface area contributed by atoms with Gasteiger partial charge in [0.05, 0.1) is 25.1 Å². The zero-order valence-corrected chi connectivity index (χ0v) is 9.20. The summed E-state index contributed by atoms with van der Waals surface area (Å²) >= 11 is 0. The van der Waals surface area contributed by atoms with Crippen molar-refractivity contribution in [1.82, 2.24) is 30.3 Å². The molecule has 0 bridgehead atoms. The molecule has 2 aromatic rings. The SMILES string of the molecule is c1ncc2nnnn2c1NCC1CNCCO1. The molecule has 1 aliphatic rings. The fraction of sp³-hybridized carbons (Fsp3) is 0.556. The van der Waals surface area contributed by atoms with Crippen molar-refractivity contribution in [2.24, 2.45) is 0 Å². The van der Waals surface area contributed by atoms with E-state index in [2.05, 4.69) is 31.1 Å². The summed E-state index contributed by atoms with van der Waals surface area (Å²) in [4.78, 5) is 4.07. The number of fused-ring (bicyclic) bond motifs is 1. The number of hydrogen-bond donors (Lipinski definition) is 2. The Bertz CT molecular complexity index is 493. The van der Waals surface area contributed by atoms with Gasteiger partial charge < -0.3 is 15.4 Å². The summed E-state index contributed by atoms with van der Waals surface area (Å²) in [6, 6.07) is 0. The second kappa shape index (κ2) is 4.60. The van der Waals surface area contributed by atoms with Crippen molar-refractivity contribution >= 4 is 11.5 Å². The van der Waals surface area contributed by atoms with E-state index in [4.69, 9.17) is 4.74 Å². The number of aromatic nitrogens is 5. The van der Waals surface area contributed by atoms with E-state index in [0.29, 0.717) is 12.2 Å². The molecule has 0 saturated carbocycles. The molecule has 1 saturated heterocycles. The number of nitrogens with zero attached hydrogens (tertiary/aromatic N) is 5. The standard InChI is InChI=1S/C9H13N7O/c1-2-17-7(3-10-1)4-12-8-5-11-6-9-13-14-15-16(8)9/h5-7,10,12H,1-4H2. The summed E-state index contributed by atoms with van der Waals surface area (Å²) in [5, 5.41) is 17.8. The average Bonchev–Trinajstić information content (AvgIpc) is 2.86. The van der Waals surface area contributed by atoms with E-state index in [0.717, 1.165) is 25.5 Å². The lowest BCUT2D eigenvalue weighted by Gasteiger charge is -2.24. The molecule has 3 rings (SSSR count). The van der Waals surface area contributed by atoms with Gasteiger partial charge in [0.15, 0.2) is 11.5 Å². The van der Waals surface area contributed by atoms with Crippen LogP contribution in [0.2, 0.25) is 0 Å². The largest absolute Gasteiger partial charge is 0.374 e. The molecule has 8 nitrogen and oxygen atoms in total. The average molecular weight is 235 g/mol. The third-order valence-electron chi connectivity index (χ3n) is 2.62. The van der Waals surface area contributed by atoms with Crippen molar-refractivity contribution in [2.45, 2.75) is 6.10 Å². The number of rotatable bonds is 3. The molecular weight excluding hydrogens is 222 g/mol. The van der Waals surface area contributed by atoms with E-state index in [1.54, 1.807) is 16.9 Å². The molecular formula is C9H13N7O. The number of anilines is 1. The first-order valence-electron chi connectivity index (χ1n) is 5.52. The molecule has 1 aliphatic heterocycles. The van der Waals surface area contributed by atoms with Crippen LogP contribution in [-0.4, -0.2) is 57.4 Å². The quantitative estimate of drug-likeness (QED) is 0.699. The van der Waals surface area contributed by atoms with Crippen LogP contribution in [0, 0.1) is 0 Å². The van der Waals surface area contributed by atoms with E-state index < -0.39 is 0 Å². The van der Waals surface area contributed by atoms with Crippen molar-refractivity contribution in [3.63, 3.8) is 0 Å². The highest BCUT2D eigenvalue weighted by molar-refractivity contribution is 5.43. The van der Waals surface area contributed by atoms with Gasteiger partial charge in [-0.1, -0.05) is 0 Å². The first-order chi connectivity index (χ1) is 8.43. The van der Waals surface area contributed by atoms with Gasteiger partial charge in [-0.2, -0.15) is 4.52 Å². The second-order valence-electron chi connectivity index (χ2n) is 3.82. The van der Waals surface area contributed by atoms with Gasteiger partial charge in [0.1, 0.15) is 0 Å². The molecule has 1 atom stereocenters. The first-order valence-corrected chi connectivity index (χ1v) is 5.52. The second-order valence-corrected chi connectivity index (χ2v) is 3.82. The molecule has 8 heteroatoms. The van der Waals surface area contributed by atoms with Gasteiger partial charge in [-0.3, -0.25) is 4.98 Å². The minimum atomic E-state index is 0.162. The molecule has 1 fully saturated rings. The zero-order valence-electron chi connectivity index (χ0n) is 9.20. The third kappa shape index (κ3) is 2.17. The molecule has 2 N–H and O–H groups in total. The van der Waals surface area contributed by atoms with Crippen molar-refractivity contribution in [3.8, 4) is 0 Å². The van der Waals surface area contributed by atoms with Gasteiger partial charge in [0.25, 0.3) is 0 Å². The Kier molecular flexibility index (Phi) is 2.80. The molecule has 2 aromatic heterocycles. The summed E-state index contributed by atoms with van der Waals surface area (Å²) in [5.74, 6) is 0.765. The van der Waals surface area contributed by atoms with Gasteiger partial charge in [-0.25, -0.2) is 0 Å². The maximum atomic E-state index is 5.59. The number of morpholine rings is 1. The fourth-order valence-electron chi connectivity index (χ4n) is 1.77. The van der Waals surface area contributed by atoms with Crippen molar-refractivity contribution in [1.29, 1.82) is 0 Å². The Labute approximate surface area is 97.4 Å². The Morgan fingerprint density at radius 1 is 1.53 bits per heavy atom. The third-order valence-corrected chi connectivity index (χ3v) is 2.62. The van der Waals surface area contributed by atoms with Gasteiger partial charge in [0, 0.05) is 19.6 Å². The van der Waals surface area contributed by atoms with E-state index in [1.165, 1.54) is 0 Å². The lowest BCUT2D eigenvalue weighted by molar-refractivity contribution is 0.0371. The molecule has 0 aliphatic carbocycles. The summed E-state index contributed by atoms with van der Waals surface area (Å²) in [6.07, 6.45) is 3.47. The molecule has 0 spiro atoms.